The van der Waals surface area contributed by atoms with Gasteiger partial charge in [-0.25, -0.2) is 0 Å². The molecule has 0 aromatic heterocycles. The second-order valence-corrected chi connectivity index (χ2v) is 6.70. The largest absolute Gasteiger partial charge is 0.395 e. The fourth-order valence-corrected chi connectivity index (χ4v) is 4.12. The molecule has 1 aliphatic rings. The summed E-state index contributed by atoms with van der Waals surface area (Å²) < 4.78 is 0. The molecule has 0 aliphatic heterocycles. The molecule has 3 nitrogen and oxygen atoms in total. The molecule has 1 aliphatic carbocycles. The zero-order chi connectivity index (χ0) is 15.7. The Hall–Kier alpha value is -0.120. The smallest absolute Gasteiger partial charge is 0.0558 e. The van der Waals surface area contributed by atoms with Crippen molar-refractivity contribution in [2.24, 2.45) is 11.8 Å². The lowest BCUT2D eigenvalue weighted by Crippen LogP contribution is -2.48. The molecule has 2 N–H and O–H groups in total. The van der Waals surface area contributed by atoms with Crippen molar-refractivity contribution in [1.29, 1.82) is 0 Å². The van der Waals surface area contributed by atoms with Crippen molar-refractivity contribution in [3.63, 3.8) is 0 Å². The van der Waals surface area contributed by atoms with Crippen molar-refractivity contribution in [3.05, 3.63) is 0 Å². The fourth-order valence-electron chi connectivity index (χ4n) is 4.12. The molecule has 126 valence electrons. The maximum atomic E-state index is 9.42. The first-order valence-corrected chi connectivity index (χ1v) is 9.28. The molecule has 0 amide bonds. The van der Waals surface area contributed by atoms with Gasteiger partial charge in [-0.05, 0) is 50.5 Å². The Morgan fingerprint density at radius 1 is 1.14 bits per heavy atom. The number of hydrogen-bond donors (Lipinski definition) is 2. The third kappa shape index (κ3) is 5.88. The van der Waals surface area contributed by atoms with E-state index in [0.717, 1.165) is 31.5 Å². The van der Waals surface area contributed by atoms with Crippen LogP contribution in [0.1, 0.15) is 66.2 Å². The van der Waals surface area contributed by atoms with E-state index in [4.69, 9.17) is 0 Å². The molecule has 3 atom stereocenters. The molecular formula is C18H38N2O. The monoisotopic (exact) mass is 298 g/mol. The van der Waals surface area contributed by atoms with Gasteiger partial charge in [0.2, 0.25) is 0 Å². The van der Waals surface area contributed by atoms with Gasteiger partial charge in [-0.15, -0.1) is 0 Å². The average Bonchev–Trinajstić information content (AvgIpc) is 2.50. The van der Waals surface area contributed by atoms with E-state index in [1.807, 2.05) is 0 Å². The molecule has 1 fully saturated rings. The van der Waals surface area contributed by atoms with Crippen LogP contribution < -0.4 is 5.32 Å². The lowest BCUT2D eigenvalue weighted by molar-refractivity contribution is 0.0877. The Labute approximate surface area is 132 Å². The maximum absolute atomic E-state index is 9.42. The molecule has 3 unspecified atom stereocenters. The van der Waals surface area contributed by atoms with E-state index in [2.05, 4.69) is 37.9 Å². The summed E-state index contributed by atoms with van der Waals surface area (Å²) in [6, 6.07) is 1.30. The topological polar surface area (TPSA) is 35.5 Å². The third-order valence-electron chi connectivity index (χ3n) is 5.45. The Balaban J connectivity index is 2.70. The highest BCUT2D eigenvalue weighted by atomic mass is 16.3. The third-order valence-corrected chi connectivity index (χ3v) is 5.45. The van der Waals surface area contributed by atoms with Crippen molar-refractivity contribution in [2.75, 3.05) is 26.2 Å². The van der Waals surface area contributed by atoms with Crippen LogP contribution in [0.4, 0.5) is 0 Å². The molecular weight excluding hydrogens is 260 g/mol. The molecule has 0 bridgehead atoms. The van der Waals surface area contributed by atoms with Gasteiger partial charge in [0.05, 0.1) is 6.61 Å². The predicted octanol–water partition coefficient (Wildman–Crippen LogP) is 3.27. The molecule has 1 rings (SSSR count). The molecule has 0 heterocycles. The minimum absolute atomic E-state index is 0.284. The van der Waals surface area contributed by atoms with Gasteiger partial charge in [0.15, 0.2) is 0 Å². The van der Waals surface area contributed by atoms with Crippen molar-refractivity contribution < 1.29 is 5.11 Å². The lowest BCUT2D eigenvalue weighted by Gasteiger charge is -2.41. The van der Waals surface area contributed by atoms with Crippen molar-refractivity contribution >= 4 is 0 Å². The highest BCUT2D eigenvalue weighted by molar-refractivity contribution is 4.87. The summed E-state index contributed by atoms with van der Waals surface area (Å²) in [5, 5.41) is 13.1. The summed E-state index contributed by atoms with van der Waals surface area (Å²) in [4.78, 5) is 2.55. The van der Waals surface area contributed by atoms with Crippen LogP contribution in [0.25, 0.3) is 0 Å². The highest BCUT2D eigenvalue weighted by Crippen LogP contribution is 2.32. The molecule has 0 aromatic carbocycles. The number of rotatable bonds is 10. The summed E-state index contributed by atoms with van der Waals surface area (Å²) in [5.74, 6) is 1.65. The van der Waals surface area contributed by atoms with E-state index in [9.17, 15) is 5.11 Å². The quantitative estimate of drug-likeness (QED) is 0.650. The van der Waals surface area contributed by atoms with Gasteiger partial charge >= 0.3 is 0 Å². The van der Waals surface area contributed by atoms with Gasteiger partial charge in [-0.1, -0.05) is 34.1 Å². The molecule has 0 spiro atoms. The first kappa shape index (κ1) is 18.9. The van der Waals surface area contributed by atoms with Crippen molar-refractivity contribution in [2.45, 2.75) is 78.3 Å². The van der Waals surface area contributed by atoms with Crippen LogP contribution in [0.15, 0.2) is 0 Å². The summed E-state index contributed by atoms with van der Waals surface area (Å²) in [6.07, 6.45) is 7.76. The van der Waals surface area contributed by atoms with Crippen LogP contribution in [0, 0.1) is 11.8 Å². The van der Waals surface area contributed by atoms with Crippen LogP contribution in [0.2, 0.25) is 0 Å². The van der Waals surface area contributed by atoms with Crippen molar-refractivity contribution in [1.82, 2.24) is 10.2 Å². The molecule has 1 saturated carbocycles. The summed E-state index contributed by atoms with van der Waals surface area (Å²) in [5.41, 5.74) is 0. The van der Waals surface area contributed by atoms with Gasteiger partial charge in [-0.3, -0.25) is 4.90 Å². The normalized spacial score (nSPS) is 26.7. The van der Waals surface area contributed by atoms with Gasteiger partial charge in [0, 0.05) is 25.2 Å². The lowest BCUT2D eigenvalue weighted by atomic mass is 9.76. The van der Waals surface area contributed by atoms with E-state index in [-0.39, 0.29) is 6.61 Å². The Kier molecular flexibility index (Phi) is 9.54. The number of nitrogens with one attached hydrogen (secondary N) is 1. The first-order valence-electron chi connectivity index (χ1n) is 9.28. The van der Waals surface area contributed by atoms with E-state index in [0.29, 0.717) is 12.1 Å². The Morgan fingerprint density at radius 3 is 2.38 bits per heavy atom. The first-order chi connectivity index (χ1) is 10.2. The fraction of sp³-hybridized carbons (Fsp3) is 1.00. The highest BCUT2D eigenvalue weighted by Gasteiger charge is 2.31. The standard InChI is InChI=1S/C18H38N2O/c1-5-15-9-10-18(19-8-4)16(13-15)14-20(11-12-21)17(6-2)7-3/h15-19,21H,5-14H2,1-4H3. The maximum Gasteiger partial charge on any atom is 0.0558 e. The summed E-state index contributed by atoms with van der Waals surface area (Å²) in [6.45, 7) is 12.4. The van der Waals surface area contributed by atoms with Crippen LogP contribution in [0.3, 0.4) is 0 Å². The molecule has 0 saturated heterocycles. The van der Waals surface area contributed by atoms with E-state index >= 15 is 0 Å². The van der Waals surface area contributed by atoms with Crippen molar-refractivity contribution in [3.8, 4) is 0 Å². The number of aliphatic hydroxyl groups is 1. The second-order valence-electron chi connectivity index (χ2n) is 6.70. The molecule has 0 radical (unpaired) electrons. The van der Waals surface area contributed by atoms with Gasteiger partial charge in [-0.2, -0.15) is 0 Å². The Morgan fingerprint density at radius 2 is 1.86 bits per heavy atom. The summed E-state index contributed by atoms with van der Waals surface area (Å²) in [7, 11) is 0. The van der Waals surface area contributed by atoms with E-state index < -0.39 is 0 Å². The number of hydrogen-bond acceptors (Lipinski definition) is 3. The molecule has 3 heteroatoms. The minimum Gasteiger partial charge on any atom is -0.395 e. The molecule has 21 heavy (non-hydrogen) atoms. The van der Waals surface area contributed by atoms with Gasteiger partial charge in [0.25, 0.3) is 0 Å². The van der Waals surface area contributed by atoms with E-state index in [1.165, 1.54) is 38.5 Å². The van der Waals surface area contributed by atoms with Crippen LogP contribution in [-0.4, -0.2) is 48.3 Å². The van der Waals surface area contributed by atoms with Crippen LogP contribution in [-0.2, 0) is 0 Å². The number of aliphatic hydroxyl groups excluding tert-OH is 1. The molecule has 0 aromatic rings. The second kappa shape index (κ2) is 10.6. The van der Waals surface area contributed by atoms with Crippen LogP contribution in [0.5, 0.6) is 0 Å². The van der Waals surface area contributed by atoms with Crippen LogP contribution >= 0.6 is 0 Å². The minimum atomic E-state index is 0.284. The number of nitrogens with zero attached hydrogens (tertiary/aromatic N) is 1. The SMILES string of the molecule is CCNC1CCC(CC)CC1CN(CCO)C(CC)CC. The zero-order valence-electron chi connectivity index (χ0n) is 14.8. The predicted molar refractivity (Wildman–Crippen MR) is 91.6 cm³/mol. The van der Waals surface area contributed by atoms with Gasteiger partial charge in [0.1, 0.15) is 0 Å². The average molecular weight is 299 g/mol. The summed E-state index contributed by atoms with van der Waals surface area (Å²) >= 11 is 0. The zero-order valence-corrected chi connectivity index (χ0v) is 14.8. The Bertz CT molecular complexity index is 256. The van der Waals surface area contributed by atoms with Gasteiger partial charge < -0.3 is 10.4 Å². The van der Waals surface area contributed by atoms with E-state index in [1.54, 1.807) is 0 Å².